The number of esters is 1. The molecule has 1 N–H and O–H groups in total. The molecule has 1 aliphatic rings. The van der Waals surface area contributed by atoms with Crippen molar-refractivity contribution in [3.63, 3.8) is 0 Å². The van der Waals surface area contributed by atoms with Gasteiger partial charge < -0.3 is 14.6 Å². The van der Waals surface area contributed by atoms with Crippen molar-refractivity contribution in [2.45, 2.75) is 32.6 Å². The first-order chi connectivity index (χ1) is 12.0. The lowest BCUT2D eigenvalue weighted by molar-refractivity contribution is 0.0521. The molecule has 1 aromatic carbocycles. The molecule has 1 saturated carbocycles. The molecule has 6 heteroatoms. The molecular weight excluding hydrogens is 322 g/mol. The number of hydrogen-bond acceptors (Lipinski definition) is 5. The third kappa shape index (κ3) is 3.04. The molecule has 2 aromatic rings. The van der Waals surface area contributed by atoms with E-state index < -0.39 is 11.9 Å². The minimum absolute atomic E-state index is 0.0765. The maximum atomic E-state index is 12.1. The topological polar surface area (TPSA) is 85.7 Å². The molecule has 6 nitrogen and oxygen atoms in total. The Hall–Kier alpha value is -2.63. The largest absolute Gasteiger partial charge is 0.480 e. The van der Waals surface area contributed by atoms with E-state index >= 15 is 0 Å². The van der Waals surface area contributed by atoms with E-state index in [0.717, 1.165) is 18.4 Å². The van der Waals surface area contributed by atoms with Crippen LogP contribution in [0.15, 0.2) is 18.2 Å². The number of carboxylic acids is 1. The second kappa shape index (κ2) is 6.70. The van der Waals surface area contributed by atoms with Crippen molar-refractivity contribution in [2.24, 2.45) is 5.92 Å². The van der Waals surface area contributed by atoms with Crippen LogP contribution in [-0.4, -0.2) is 35.7 Å². The molecule has 1 fully saturated rings. The van der Waals surface area contributed by atoms with Crippen LogP contribution in [0.2, 0.25) is 0 Å². The van der Waals surface area contributed by atoms with Crippen LogP contribution in [0.3, 0.4) is 0 Å². The van der Waals surface area contributed by atoms with Crippen molar-refractivity contribution in [1.82, 2.24) is 4.98 Å². The fraction of sp³-hybridized carbons (Fsp3) is 0.421. The molecule has 0 saturated heterocycles. The highest BCUT2D eigenvalue weighted by atomic mass is 16.5. The Kier molecular flexibility index (Phi) is 4.61. The van der Waals surface area contributed by atoms with E-state index in [2.05, 4.69) is 11.9 Å². The van der Waals surface area contributed by atoms with Gasteiger partial charge >= 0.3 is 11.9 Å². The summed E-state index contributed by atoms with van der Waals surface area (Å²) in [6.45, 7) is 4.11. The predicted octanol–water partition coefficient (Wildman–Crippen LogP) is 3.63. The lowest BCUT2D eigenvalue weighted by Crippen LogP contribution is -2.21. The lowest BCUT2D eigenvalue weighted by Gasteiger charge is -2.34. The van der Waals surface area contributed by atoms with Crippen LogP contribution in [0.4, 0.5) is 0 Å². The molecule has 0 radical (unpaired) electrons. The zero-order valence-corrected chi connectivity index (χ0v) is 14.5. The highest BCUT2D eigenvalue weighted by Gasteiger charge is 2.31. The summed E-state index contributed by atoms with van der Waals surface area (Å²) in [4.78, 5) is 28.3. The summed E-state index contributed by atoms with van der Waals surface area (Å²) in [6, 6.07) is 5.24. The Labute approximate surface area is 145 Å². The van der Waals surface area contributed by atoms with Gasteiger partial charge in [-0.05, 0) is 43.2 Å². The molecule has 25 heavy (non-hydrogen) atoms. The summed E-state index contributed by atoms with van der Waals surface area (Å²) >= 11 is 0. The van der Waals surface area contributed by atoms with Gasteiger partial charge in [0, 0.05) is 5.39 Å². The minimum Gasteiger partial charge on any atom is -0.480 e. The Morgan fingerprint density at radius 3 is 2.60 bits per heavy atom. The number of hydrogen-bond donors (Lipinski definition) is 1. The fourth-order valence-electron chi connectivity index (χ4n) is 3.47. The summed E-state index contributed by atoms with van der Waals surface area (Å²) < 4.78 is 10.2. The van der Waals surface area contributed by atoms with Gasteiger partial charge in [-0.25, -0.2) is 14.6 Å². The first kappa shape index (κ1) is 17.2. The van der Waals surface area contributed by atoms with Crippen LogP contribution >= 0.6 is 0 Å². The molecule has 3 rings (SSSR count). The average molecular weight is 343 g/mol. The number of carbonyl (C=O) groups is 2. The van der Waals surface area contributed by atoms with Crippen LogP contribution in [-0.2, 0) is 4.74 Å². The quantitative estimate of drug-likeness (QED) is 0.834. The lowest BCUT2D eigenvalue weighted by atomic mass is 9.71. The Morgan fingerprint density at radius 2 is 2.04 bits per heavy atom. The van der Waals surface area contributed by atoms with E-state index in [-0.39, 0.29) is 29.5 Å². The van der Waals surface area contributed by atoms with Gasteiger partial charge in [0.2, 0.25) is 5.88 Å². The number of nitrogens with zero attached hydrogens (tertiary/aromatic N) is 1. The third-order valence-corrected chi connectivity index (χ3v) is 4.70. The van der Waals surface area contributed by atoms with E-state index in [1.807, 2.05) is 12.1 Å². The number of benzene rings is 1. The highest BCUT2D eigenvalue weighted by Crippen LogP contribution is 2.43. The SMILES string of the molecule is CCOC(=O)c1cc2ccc(C3CC(C)C3)c(C(=O)O)c2nc1OC. The van der Waals surface area contributed by atoms with Crippen molar-refractivity contribution in [2.75, 3.05) is 13.7 Å². The first-order valence-corrected chi connectivity index (χ1v) is 8.38. The summed E-state index contributed by atoms with van der Waals surface area (Å²) in [7, 11) is 1.40. The van der Waals surface area contributed by atoms with Gasteiger partial charge in [0.1, 0.15) is 5.56 Å². The molecule has 0 atom stereocenters. The molecule has 132 valence electrons. The molecule has 0 unspecified atom stereocenters. The number of aromatic carboxylic acids is 1. The molecule has 0 bridgehead atoms. The number of pyridine rings is 1. The number of methoxy groups -OCH3 is 1. The highest BCUT2D eigenvalue weighted by molar-refractivity contribution is 6.05. The molecule has 0 spiro atoms. The van der Waals surface area contributed by atoms with Crippen molar-refractivity contribution in [3.8, 4) is 5.88 Å². The summed E-state index contributed by atoms with van der Waals surface area (Å²) in [6.07, 6.45) is 1.95. The maximum absolute atomic E-state index is 12.1. The van der Waals surface area contributed by atoms with Crippen LogP contribution in [0.1, 0.15) is 58.9 Å². The minimum atomic E-state index is -1.02. The van der Waals surface area contributed by atoms with Gasteiger partial charge in [-0.3, -0.25) is 0 Å². The first-order valence-electron chi connectivity index (χ1n) is 8.38. The van der Waals surface area contributed by atoms with Gasteiger partial charge in [0.05, 0.1) is 24.8 Å². The number of carbonyl (C=O) groups excluding carboxylic acids is 1. The van der Waals surface area contributed by atoms with Crippen LogP contribution < -0.4 is 4.74 Å². The summed E-state index contributed by atoms with van der Waals surface area (Å²) in [5.41, 5.74) is 1.53. The molecule has 1 heterocycles. The van der Waals surface area contributed by atoms with Crippen molar-refractivity contribution in [3.05, 3.63) is 34.9 Å². The molecule has 1 aromatic heterocycles. The van der Waals surface area contributed by atoms with Crippen molar-refractivity contribution in [1.29, 1.82) is 0 Å². The number of ether oxygens (including phenoxy) is 2. The van der Waals surface area contributed by atoms with Crippen LogP contribution in [0.25, 0.3) is 10.9 Å². The second-order valence-electron chi connectivity index (χ2n) is 6.45. The number of rotatable bonds is 5. The zero-order valence-electron chi connectivity index (χ0n) is 14.5. The summed E-state index contributed by atoms with van der Waals surface area (Å²) in [5, 5.41) is 10.3. The normalized spacial score (nSPS) is 19.3. The van der Waals surface area contributed by atoms with Crippen LogP contribution in [0.5, 0.6) is 5.88 Å². The monoisotopic (exact) mass is 343 g/mol. The van der Waals surface area contributed by atoms with Crippen molar-refractivity contribution < 1.29 is 24.2 Å². The van der Waals surface area contributed by atoms with Gasteiger partial charge in [-0.15, -0.1) is 0 Å². The van der Waals surface area contributed by atoms with Gasteiger partial charge in [-0.2, -0.15) is 0 Å². The number of carboxylic acid groups (broad SMARTS) is 1. The number of fused-ring (bicyclic) bond motifs is 1. The second-order valence-corrected chi connectivity index (χ2v) is 6.45. The van der Waals surface area contributed by atoms with E-state index in [4.69, 9.17) is 9.47 Å². The van der Waals surface area contributed by atoms with Gasteiger partial charge in [0.15, 0.2) is 0 Å². The Bertz CT molecular complexity index is 839. The van der Waals surface area contributed by atoms with E-state index in [1.54, 1.807) is 13.0 Å². The molecular formula is C19H21NO5. The Balaban J connectivity index is 2.18. The third-order valence-electron chi connectivity index (χ3n) is 4.70. The van der Waals surface area contributed by atoms with E-state index in [9.17, 15) is 14.7 Å². The van der Waals surface area contributed by atoms with Gasteiger partial charge in [-0.1, -0.05) is 19.1 Å². The smallest absolute Gasteiger partial charge is 0.343 e. The van der Waals surface area contributed by atoms with E-state index in [0.29, 0.717) is 16.8 Å². The van der Waals surface area contributed by atoms with E-state index in [1.165, 1.54) is 7.11 Å². The molecule has 0 amide bonds. The average Bonchev–Trinajstić information content (AvgIpc) is 2.56. The van der Waals surface area contributed by atoms with Crippen molar-refractivity contribution >= 4 is 22.8 Å². The predicted molar refractivity (Wildman–Crippen MR) is 92.3 cm³/mol. The van der Waals surface area contributed by atoms with Crippen LogP contribution in [0, 0.1) is 5.92 Å². The fourth-order valence-corrected chi connectivity index (χ4v) is 3.47. The zero-order chi connectivity index (χ0) is 18.1. The molecule has 0 aliphatic heterocycles. The maximum Gasteiger partial charge on any atom is 0.343 e. The molecule has 1 aliphatic carbocycles. The Morgan fingerprint density at radius 1 is 1.32 bits per heavy atom. The number of aromatic nitrogens is 1. The van der Waals surface area contributed by atoms with Gasteiger partial charge in [0.25, 0.3) is 0 Å². The standard InChI is InChI=1S/C19H21NO5/c1-4-25-19(23)14-9-11-5-6-13(12-7-10(2)8-12)15(18(21)22)16(11)20-17(14)24-3/h5-6,9-10,12H,4,7-8H2,1-3H3,(H,21,22). The summed E-state index contributed by atoms with van der Waals surface area (Å²) in [5.74, 6) is -0.632.